The number of rotatable bonds is 7. The zero-order valence-corrected chi connectivity index (χ0v) is 26.7. The molecule has 0 unspecified atom stereocenters. The van der Waals surface area contributed by atoms with E-state index < -0.39 is 0 Å². The van der Waals surface area contributed by atoms with Gasteiger partial charge in [0.05, 0.1) is 25.6 Å². The lowest BCUT2D eigenvalue weighted by atomic mass is 9.90. The fourth-order valence-corrected chi connectivity index (χ4v) is 6.57. The van der Waals surface area contributed by atoms with Crippen molar-refractivity contribution in [2.24, 2.45) is 0 Å². The molecule has 0 bridgehead atoms. The fourth-order valence-electron chi connectivity index (χ4n) is 6.57. The SMILES string of the molecule is COc1ccc2cc(-c3ccc(-c4ccccn4)cc3)ccc2c1-c1c(OC)ccc2cc(-c3ccc(-c4ccccn4)cc3)ccc12. The first-order chi connectivity index (χ1) is 23.7. The van der Waals surface area contributed by atoms with Crippen LogP contribution in [-0.4, -0.2) is 24.2 Å². The molecule has 0 atom stereocenters. The summed E-state index contributed by atoms with van der Waals surface area (Å²) in [5, 5.41) is 4.45. The molecule has 0 aliphatic rings. The molecule has 6 aromatic carbocycles. The lowest BCUT2D eigenvalue weighted by Gasteiger charge is -2.18. The summed E-state index contributed by atoms with van der Waals surface area (Å²) < 4.78 is 12.0. The van der Waals surface area contributed by atoms with E-state index in [1.807, 2.05) is 48.8 Å². The highest BCUT2D eigenvalue weighted by Crippen LogP contribution is 2.46. The van der Waals surface area contributed by atoms with Crippen LogP contribution in [0.2, 0.25) is 0 Å². The summed E-state index contributed by atoms with van der Waals surface area (Å²) in [7, 11) is 3.46. The van der Waals surface area contributed by atoms with Crippen LogP contribution >= 0.6 is 0 Å². The standard InChI is InChI=1S/C44H32N2O2/c1-47-41-23-19-35-27-33(29-9-13-31(14-10-29)39-7-3-5-25-45-39)17-21-37(35)43(41)44-38-22-18-34(28-36(38)20-24-42(44)48-2)30-11-15-32(16-12-30)40-8-4-6-26-46-40/h3-28H,1-2H3. The molecule has 2 aromatic heterocycles. The molecule has 230 valence electrons. The van der Waals surface area contributed by atoms with Crippen molar-refractivity contribution in [3.8, 4) is 67.4 Å². The predicted octanol–water partition coefficient (Wildman–Crippen LogP) is 11.1. The Morgan fingerprint density at radius 2 is 0.771 bits per heavy atom. The Morgan fingerprint density at radius 3 is 1.15 bits per heavy atom. The molecule has 0 saturated heterocycles. The number of ether oxygens (including phenoxy) is 2. The summed E-state index contributed by atoms with van der Waals surface area (Å²) in [5.74, 6) is 1.60. The van der Waals surface area contributed by atoms with Gasteiger partial charge in [0.15, 0.2) is 0 Å². The number of benzene rings is 6. The van der Waals surface area contributed by atoms with Crippen molar-refractivity contribution < 1.29 is 9.47 Å². The predicted molar refractivity (Wildman–Crippen MR) is 197 cm³/mol. The first-order valence-electron chi connectivity index (χ1n) is 16.0. The second-order valence-electron chi connectivity index (χ2n) is 11.7. The van der Waals surface area contributed by atoms with Gasteiger partial charge in [0.2, 0.25) is 0 Å². The molecule has 0 aliphatic heterocycles. The highest BCUT2D eigenvalue weighted by atomic mass is 16.5. The van der Waals surface area contributed by atoms with E-state index in [9.17, 15) is 0 Å². The summed E-state index contributed by atoms with van der Waals surface area (Å²) in [4.78, 5) is 8.98. The van der Waals surface area contributed by atoms with E-state index in [0.717, 1.165) is 88.9 Å². The number of methoxy groups -OCH3 is 2. The van der Waals surface area contributed by atoms with Crippen molar-refractivity contribution in [1.82, 2.24) is 9.97 Å². The van der Waals surface area contributed by atoms with Crippen LogP contribution in [0, 0.1) is 0 Å². The quantitative estimate of drug-likeness (QED) is 0.178. The molecule has 8 aromatic rings. The smallest absolute Gasteiger partial charge is 0.127 e. The molecular formula is C44H32N2O2. The lowest BCUT2D eigenvalue weighted by molar-refractivity contribution is 0.411. The Kier molecular flexibility index (Phi) is 7.60. The molecular weight excluding hydrogens is 588 g/mol. The van der Waals surface area contributed by atoms with Crippen molar-refractivity contribution >= 4 is 21.5 Å². The third kappa shape index (κ3) is 5.33. The molecule has 0 N–H and O–H groups in total. The van der Waals surface area contributed by atoms with E-state index in [0.29, 0.717) is 0 Å². The first kappa shape index (κ1) is 29.2. The average Bonchev–Trinajstić information content (AvgIpc) is 3.17. The molecule has 8 rings (SSSR count). The number of pyridine rings is 2. The van der Waals surface area contributed by atoms with Crippen LogP contribution in [0.3, 0.4) is 0 Å². The molecule has 0 fully saturated rings. The minimum Gasteiger partial charge on any atom is -0.496 e. The van der Waals surface area contributed by atoms with Gasteiger partial charge < -0.3 is 9.47 Å². The normalized spacial score (nSPS) is 11.1. The number of aromatic nitrogens is 2. The molecule has 0 radical (unpaired) electrons. The van der Waals surface area contributed by atoms with Crippen LogP contribution in [0.25, 0.3) is 77.4 Å². The van der Waals surface area contributed by atoms with Gasteiger partial charge in [-0.25, -0.2) is 0 Å². The Balaban J connectivity index is 1.20. The third-order valence-electron chi connectivity index (χ3n) is 9.01. The van der Waals surface area contributed by atoms with Crippen LogP contribution in [0.5, 0.6) is 11.5 Å². The second-order valence-corrected chi connectivity index (χ2v) is 11.7. The van der Waals surface area contributed by atoms with E-state index in [1.165, 1.54) is 0 Å². The van der Waals surface area contributed by atoms with Crippen molar-refractivity contribution in [1.29, 1.82) is 0 Å². The molecule has 0 aliphatic carbocycles. The van der Waals surface area contributed by atoms with Gasteiger partial charge in [-0.05, 0) is 92.3 Å². The number of hydrogen-bond acceptors (Lipinski definition) is 4. The van der Waals surface area contributed by atoms with Gasteiger partial charge in [-0.15, -0.1) is 0 Å². The highest BCUT2D eigenvalue weighted by Gasteiger charge is 2.19. The number of nitrogens with zero attached hydrogens (tertiary/aromatic N) is 2. The van der Waals surface area contributed by atoms with Crippen LogP contribution in [0.1, 0.15) is 0 Å². The van der Waals surface area contributed by atoms with Gasteiger partial charge in [-0.2, -0.15) is 0 Å². The van der Waals surface area contributed by atoms with Crippen molar-refractivity contribution in [2.45, 2.75) is 0 Å². The highest BCUT2D eigenvalue weighted by molar-refractivity contribution is 6.11. The maximum atomic E-state index is 6.00. The monoisotopic (exact) mass is 620 g/mol. The Morgan fingerprint density at radius 1 is 0.375 bits per heavy atom. The van der Waals surface area contributed by atoms with Gasteiger partial charge in [0, 0.05) is 34.6 Å². The van der Waals surface area contributed by atoms with Crippen LogP contribution < -0.4 is 9.47 Å². The van der Waals surface area contributed by atoms with Gasteiger partial charge in [0.1, 0.15) is 11.5 Å². The van der Waals surface area contributed by atoms with E-state index in [-0.39, 0.29) is 0 Å². The zero-order valence-electron chi connectivity index (χ0n) is 26.7. The summed E-state index contributed by atoms with van der Waals surface area (Å²) in [5.41, 5.74) is 10.8. The number of hydrogen-bond donors (Lipinski definition) is 0. The minimum absolute atomic E-state index is 0.801. The summed E-state index contributed by atoms with van der Waals surface area (Å²) in [6, 6.07) is 50.8. The van der Waals surface area contributed by atoms with E-state index in [4.69, 9.17) is 9.47 Å². The molecule has 4 nitrogen and oxygen atoms in total. The maximum absolute atomic E-state index is 6.00. The van der Waals surface area contributed by atoms with Gasteiger partial charge in [0.25, 0.3) is 0 Å². The summed E-state index contributed by atoms with van der Waals surface area (Å²) >= 11 is 0. The molecule has 0 saturated carbocycles. The van der Waals surface area contributed by atoms with Crippen molar-refractivity contribution in [2.75, 3.05) is 14.2 Å². The van der Waals surface area contributed by atoms with Crippen LogP contribution in [-0.2, 0) is 0 Å². The zero-order chi connectivity index (χ0) is 32.5. The summed E-state index contributed by atoms with van der Waals surface area (Å²) in [6.07, 6.45) is 3.65. The van der Waals surface area contributed by atoms with Gasteiger partial charge in [-0.3, -0.25) is 9.97 Å². The van der Waals surface area contributed by atoms with Crippen molar-refractivity contribution in [3.63, 3.8) is 0 Å². The Labute approximate surface area is 279 Å². The molecule has 48 heavy (non-hydrogen) atoms. The fraction of sp³-hybridized carbons (Fsp3) is 0.0455. The van der Waals surface area contributed by atoms with Gasteiger partial charge >= 0.3 is 0 Å². The molecule has 0 amide bonds. The topological polar surface area (TPSA) is 44.2 Å². The molecule has 0 spiro atoms. The van der Waals surface area contributed by atoms with Crippen LogP contribution in [0.4, 0.5) is 0 Å². The summed E-state index contributed by atoms with van der Waals surface area (Å²) in [6.45, 7) is 0. The van der Waals surface area contributed by atoms with Crippen molar-refractivity contribution in [3.05, 3.63) is 158 Å². The second kappa shape index (κ2) is 12.5. The first-order valence-corrected chi connectivity index (χ1v) is 16.0. The average molecular weight is 621 g/mol. The van der Waals surface area contributed by atoms with E-state index in [2.05, 4.69) is 119 Å². The maximum Gasteiger partial charge on any atom is 0.127 e. The van der Waals surface area contributed by atoms with E-state index >= 15 is 0 Å². The largest absolute Gasteiger partial charge is 0.496 e. The third-order valence-corrected chi connectivity index (χ3v) is 9.01. The van der Waals surface area contributed by atoms with E-state index in [1.54, 1.807) is 14.2 Å². The Bertz CT molecular complexity index is 2210. The Hall–Kier alpha value is -6.26. The molecule has 4 heteroatoms. The lowest BCUT2D eigenvalue weighted by Crippen LogP contribution is -1.95. The number of fused-ring (bicyclic) bond motifs is 2. The minimum atomic E-state index is 0.801. The molecule has 2 heterocycles. The van der Waals surface area contributed by atoms with Crippen LogP contribution in [0.15, 0.2) is 158 Å². The van der Waals surface area contributed by atoms with Gasteiger partial charge in [-0.1, -0.05) is 97.1 Å².